The zero-order chi connectivity index (χ0) is 29.7. The van der Waals surface area contributed by atoms with Crippen molar-refractivity contribution in [3.63, 3.8) is 0 Å². The molecule has 13 nitrogen and oxygen atoms in total. The molecule has 1 fully saturated rings. The lowest BCUT2D eigenvalue weighted by Crippen LogP contribution is -2.61. The fraction of sp³-hybridized carbons (Fsp3) is 0.346. The van der Waals surface area contributed by atoms with E-state index < -0.39 is 28.0 Å². The maximum absolute atomic E-state index is 13.0. The molecule has 0 aromatic heterocycles. The van der Waals surface area contributed by atoms with Crippen LogP contribution in [-0.2, 0) is 27.5 Å². The number of carbonyl (C=O) groups excluding carboxylic acids is 2. The molecule has 2 heterocycles. The van der Waals surface area contributed by atoms with E-state index in [4.69, 9.17) is 21.7 Å². The van der Waals surface area contributed by atoms with Crippen LogP contribution in [0.4, 0.5) is 16.2 Å². The van der Waals surface area contributed by atoms with Gasteiger partial charge in [0.2, 0.25) is 11.0 Å². The van der Waals surface area contributed by atoms with Crippen molar-refractivity contribution in [2.24, 2.45) is 5.92 Å². The number of thioether (sulfide) groups is 1. The molecule has 0 bridgehead atoms. The first-order chi connectivity index (χ1) is 19.6. The number of nitro groups is 2. The zero-order valence-corrected chi connectivity index (χ0v) is 23.4. The second-order valence-corrected chi connectivity index (χ2v) is 10.7. The van der Waals surface area contributed by atoms with Gasteiger partial charge in [-0.05, 0) is 60.5 Å². The van der Waals surface area contributed by atoms with Crippen LogP contribution in [-0.4, -0.2) is 54.9 Å². The van der Waals surface area contributed by atoms with Gasteiger partial charge in [0.25, 0.3) is 11.4 Å². The van der Waals surface area contributed by atoms with E-state index in [1.54, 1.807) is 19.1 Å². The lowest BCUT2D eigenvalue weighted by Gasteiger charge is -2.44. The van der Waals surface area contributed by atoms with Gasteiger partial charge in [0.05, 0.1) is 21.9 Å². The molecule has 15 heteroatoms. The third kappa shape index (κ3) is 6.81. The topological polar surface area (TPSA) is 174 Å². The fourth-order valence-corrected chi connectivity index (χ4v) is 6.23. The molecule has 41 heavy (non-hydrogen) atoms. The lowest BCUT2D eigenvalue weighted by atomic mass is 9.90. The third-order valence-electron chi connectivity index (χ3n) is 6.53. The molecule has 2 aromatic carbocycles. The van der Waals surface area contributed by atoms with Crippen LogP contribution in [0, 0.1) is 26.1 Å². The number of aliphatic hydroxyl groups excluding tert-OH is 1. The molecular weight excluding hydrogens is 576 g/mol. The summed E-state index contributed by atoms with van der Waals surface area (Å²) in [7, 11) is 0. The average Bonchev–Trinajstić information content (AvgIpc) is 3.29. The predicted octanol–water partition coefficient (Wildman–Crippen LogP) is 4.18. The van der Waals surface area contributed by atoms with E-state index in [1.165, 1.54) is 53.1 Å². The van der Waals surface area contributed by atoms with Crippen LogP contribution in [0.2, 0.25) is 0 Å². The number of amides is 2. The Morgan fingerprint density at radius 2 is 1.59 bits per heavy atom. The van der Waals surface area contributed by atoms with E-state index >= 15 is 0 Å². The maximum Gasteiger partial charge on any atom is 0.407 e. The van der Waals surface area contributed by atoms with Crippen molar-refractivity contribution in [3.8, 4) is 0 Å². The Bertz CT molecular complexity index is 1380. The van der Waals surface area contributed by atoms with Gasteiger partial charge < -0.3 is 19.9 Å². The molecule has 0 radical (unpaired) electrons. The minimum absolute atomic E-state index is 0.0270. The minimum atomic E-state index is -0.807. The van der Waals surface area contributed by atoms with Crippen LogP contribution in [0.15, 0.2) is 59.1 Å². The van der Waals surface area contributed by atoms with Gasteiger partial charge in [-0.2, -0.15) is 0 Å². The average molecular weight is 603 g/mol. The number of nitro benzene ring substituents is 2. The first kappa shape index (κ1) is 29.9. The van der Waals surface area contributed by atoms with Crippen LogP contribution >= 0.6 is 24.0 Å². The highest BCUT2D eigenvalue weighted by molar-refractivity contribution is 8.04. The Morgan fingerprint density at radius 1 is 1.05 bits per heavy atom. The van der Waals surface area contributed by atoms with Gasteiger partial charge in [-0.15, -0.1) is 11.8 Å². The summed E-state index contributed by atoms with van der Waals surface area (Å²) in [6, 6.07) is 11.5. The van der Waals surface area contributed by atoms with Crippen molar-refractivity contribution in [1.29, 1.82) is 0 Å². The van der Waals surface area contributed by atoms with Crippen LogP contribution < -0.4 is 5.32 Å². The monoisotopic (exact) mass is 602 g/mol. The summed E-state index contributed by atoms with van der Waals surface area (Å²) in [5, 5.41) is 34.4. The zero-order valence-electron chi connectivity index (χ0n) is 21.8. The second kappa shape index (κ2) is 13.1. The van der Waals surface area contributed by atoms with Gasteiger partial charge in [-0.1, -0.05) is 6.92 Å². The summed E-state index contributed by atoms with van der Waals surface area (Å²) in [5.74, 6) is -0.854. The van der Waals surface area contributed by atoms with E-state index in [0.29, 0.717) is 34.6 Å². The van der Waals surface area contributed by atoms with Crippen LogP contribution in [0.25, 0.3) is 0 Å². The number of non-ortho nitro benzene ring substituents is 2. The lowest BCUT2D eigenvalue weighted by molar-refractivity contribution is -0.385. The summed E-state index contributed by atoms with van der Waals surface area (Å²) in [6.45, 7) is 1.90. The summed E-state index contributed by atoms with van der Waals surface area (Å²) in [4.78, 5) is 48.0. The number of rotatable bonds is 12. The number of benzene rings is 2. The summed E-state index contributed by atoms with van der Waals surface area (Å²) in [5.41, 5.74) is 1.52. The highest BCUT2D eigenvalue weighted by atomic mass is 32.2. The van der Waals surface area contributed by atoms with Crippen LogP contribution in [0.1, 0.15) is 30.9 Å². The Balaban J connectivity index is 1.37. The number of β-lactam (4-membered cyclic amide) rings is 1. The van der Waals surface area contributed by atoms with Crippen molar-refractivity contribution in [1.82, 2.24) is 10.2 Å². The first-order valence-corrected chi connectivity index (χ1v) is 13.8. The largest absolute Gasteiger partial charge is 0.477 e. The molecule has 0 unspecified atom stereocenters. The highest BCUT2D eigenvalue weighted by Crippen LogP contribution is 2.52. The molecule has 3 atom stereocenters. The number of alkyl carbamates (subject to hydrolysis) is 1. The number of aliphatic hydroxyl groups is 1. The third-order valence-corrected chi connectivity index (χ3v) is 8.27. The summed E-state index contributed by atoms with van der Waals surface area (Å²) in [6.07, 6.45) is -0.777. The molecule has 2 amide bonds. The SMILES string of the molecule is CC[C@H](O)[C@@H]1C(=O)N2C(C(=S)OCc3ccc([N+](=O)[O-])cc3)=C(CCNC(=O)OCc3ccc([N+](=O)[O-])cc3)S[C@H]12. The molecule has 216 valence electrons. The standard InChI is InChI=1S/C26H26N4O9S2/c1-2-19(31)21-23(32)28-22(25(40)38-13-15-3-7-17(8-4-15)29(34)35)20(41-24(21)28)11-12-27-26(33)39-14-16-5-9-18(10-6-16)30(36)37/h3-10,19,21,24,31H,2,11-14H2,1H3,(H,27,33)/t19-,21+,24+/m0/s1. The van der Waals surface area contributed by atoms with E-state index in [2.05, 4.69) is 5.32 Å². The van der Waals surface area contributed by atoms with Crippen molar-refractivity contribution < 1.29 is 34.0 Å². The van der Waals surface area contributed by atoms with Gasteiger partial charge >= 0.3 is 6.09 Å². The molecule has 2 aliphatic heterocycles. The molecule has 2 aliphatic rings. The van der Waals surface area contributed by atoms with Crippen molar-refractivity contribution >= 4 is 52.4 Å². The smallest absolute Gasteiger partial charge is 0.407 e. The normalized spacial score (nSPS) is 18.3. The van der Waals surface area contributed by atoms with Crippen molar-refractivity contribution in [3.05, 3.63) is 90.5 Å². The Kier molecular flexibility index (Phi) is 9.52. The second-order valence-electron chi connectivity index (χ2n) is 9.17. The van der Waals surface area contributed by atoms with Gasteiger partial charge in [-0.25, -0.2) is 4.79 Å². The molecule has 0 aliphatic carbocycles. The Morgan fingerprint density at radius 3 is 2.10 bits per heavy atom. The first-order valence-electron chi connectivity index (χ1n) is 12.6. The highest BCUT2D eigenvalue weighted by Gasteiger charge is 2.57. The number of fused-ring (bicyclic) bond motifs is 1. The van der Waals surface area contributed by atoms with E-state index in [9.17, 15) is 34.9 Å². The van der Waals surface area contributed by atoms with E-state index in [0.717, 1.165) is 0 Å². The Hall–Kier alpha value is -4.08. The minimum Gasteiger partial charge on any atom is -0.477 e. The predicted molar refractivity (Wildman–Crippen MR) is 151 cm³/mol. The van der Waals surface area contributed by atoms with Crippen LogP contribution in [0.5, 0.6) is 0 Å². The Labute approximate surface area is 243 Å². The summed E-state index contributed by atoms with van der Waals surface area (Å²) >= 11 is 6.90. The number of thiocarbonyl (C=S) groups is 1. The van der Waals surface area contributed by atoms with E-state index in [-0.39, 0.29) is 47.5 Å². The molecule has 0 saturated carbocycles. The quantitative estimate of drug-likeness (QED) is 0.154. The fourth-order valence-electron chi connectivity index (χ4n) is 4.31. The molecular formula is C26H26N4O9S2. The van der Waals surface area contributed by atoms with Gasteiger partial charge in [0.15, 0.2) is 0 Å². The molecule has 4 rings (SSSR count). The number of hydrogen-bond donors (Lipinski definition) is 2. The molecule has 2 aromatic rings. The van der Waals surface area contributed by atoms with Gasteiger partial charge in [0.1, 0.15) is 24.3 Å². The number of carbonyl (C=O) groups is 2. The molecule has 1 saturated heterocycles. The maximum atomic E-state index is 13.0. The van der Waals surface area contributed by atoms with Crippen LogP contribution in [0.3, 0.4) is 0 Å². The van der Waals surface area contributed by atoms with Crippen molar-refractivity contribution in [2.45, 2.75) is 44.5 Å². The van der Waals surface area contributed by atoms with Crippen molar-refractivity contribution in [2.75, 3.05) is 6.54 Å². The molecule has 2 N–H and O–H groups in total. The van der Waals surface area contributed by atoms with Gasteiger partial charge in [0, 0.05) is 35.7 Å². The number of hydrogen-bond acceptors (Lipinski definition) is 11. The number of ether oxygens (including phenoxy) is 2. The van der Waals surface area contributed by atoms with Gasteiger partial charge in [-0.3, -0.25) is 29.9 Å². The van der Waals surface area contributed by atoms with E-state index in [1.807, 2.05) is 0 Å². The number of nitrogens with zero attached hydrogens (tertiary/aromatic N) is 3. The molecule has 0 spiro atoms. The summed E-state index contributed by atoms with van der Waals surface area (Å²) < 4.78 is 11.0. The number of nitrogens with one attached hydrogen (secondary N) is 1.